The summed E-state index contributed by atoms with van der Waals surface area (Å²) in [6, 6.07) is 6.25. The van der Waals surface area contributed by atoms with Crippen LogP contribution in [-0.2, 0) is 11.3 Å². The molecule has 4 heteroatoms. The lowest BCUT2D eigenvalue weighted by atomic mass is 9.90. The monoisotopic (exact) mass is 310 g/mol. The fourth-order valence-electron chi connectivity index (χ4n) is 2.35. The van der Waals surface area contributed by atoms with Gasteiger partial charge in [0.05, 0.1) is 17.3 Å². The lowest BCUT2D eigenvalue weighted by Gasteiger charge is -2.16. The molecule has 2 nitrogen and oxygen atoms in total. The van der Waals surface area contributed by atoms with Crippen molar-refractivity contribution in [1.82, 2.24) is 9.78 Å². The molecule has 0 unspecified atom stereocenters. The molecule has 108 valence electrons. The van der Waals surface area contributed by atoms with Gasteiger partial charge in [-0.3, -0.25) is 0 Å². The number of halogens is 2. The number of alkyl halides is 1. The first-order chi connectivity index (χ1) is 9.25. The summed E-state index contributed by atoms with van der Waals surface area (Å²) in [5.41, 5.74) is 5.16. The van der Waals surface area contributed by atoms with Crippen molar-refractivity contribution in [2.24, 2.45) is 0 Å². The van der Waals surface area contributed by atoms with E-state index in [1.807, 2.05) is 6.07 Å². The second-order valence-corrected chi connectivity index (χ2v) is 6.83. The van der Waals surface area contributed by atoms with Gasteiger partial charge in [0.2, 0.25) is 0 Å². The number of hydrogen-bond donors (Lipinski definition) is 0. The normalized spacial score (nSPS) is 11.9. The first-order valence-electron chi connectivity index (χ1n) is 6.67. The standard InChI is InChI=1S/C16H20Cl2N2/c1-10-6-7-13(11(2)8-10)20-15(18)12(9-17)14(19-20)16(3,4)5/h6-8H,9H2,1-5H3. The van der Waals surface area contributed by atoms with Gasteiger partial charge in [-0.05, 0) is 25.5 Å². The Labute approximate surface area is 130 Å². The van der Waals surface area contributed by atoms with Gasteiger partial charge in [-0.2, -0.15) is 5.10 Å². The van der Waals surface area contributed by atoms with Crippen LogP contribution < -0.4 is 0 Å². The van der Waals surface area contributed by atoms with Gasteiger partial charge in [-0.25, -0.2) is 4.68 Å². The number of hydrogen-bond acceptors (Lipinski definition) is 1. The molecule has 1 heterocycles. The summed E-state index contributed by atoms with van der Waals surface area (Å²) in [6.45, 7) is 10.5. The summed E-state index contributed by atoms with van der Waals surface area (Å²) in [5, 5.41) is 5.32. The van der Waals surface area contributed by atoms with Crippen molar-refractivity contribution in [3.63, 3.8) is 0 Å². The SMILES string of the molecule is Cc1ccc(-n2nc(C(C)(C)C)c(CCl)c2Cl)c(C)c1. The van der Waals surface area contributed by atoms with Crippen LogP contribution in [0, 0.1) is 13.8 Å². The molecule has 20 heavy (non-hydrogen) atoms. The van der Waals surface area contributed by atoms with Crippen LogP contribution in [-0.4, -0.2) is 9.78 Å². The van der Waals surface area contributed by atoms with Crippen molar-refractivity contribution in [2.75, 3.05) is 0 Å². The third kappa shape index (κ3) is 2.72. The van der Waals surface area contributed by atoms with Crippen molar-refractivity contribution in [2.45, 2.75) is 45.9 Å². The van der Waals surface area contributed by atoms with E-state index in [0.717, 1.165) is 22.5 Å². The van der Waals surface area contributed by atoms with Gasteiger partial charge in [0.25, 0.3) is 0 Å². The van der Waals surface area contributed by atoms with Crippen LogP contribution in [0.2, 0.25) is 5.15 Å². The molecule has 0 bridgehead atoms. The zero-order valence-electron chi connectivity index (χ0n) is 12.6. The van der Waals surface area contributed by atoms with Crippen molar-refractivity contribution >= 4 is 23.2 Å². The maximum absolute atomic E-state index is 6.50. The molecule has 0 fully saturated rings. The minimum Gasteiger partial charge on any atom is -0.221 e. The van der Waals surface area contributed by atoms with E-state index in [4.69, 9.17) is 28.3 Å². The van der Waals surface area contributed by atoms with Gasteiger partial charge >= 0.3 is 0 Å². The Kier molecular flexibility index (Phi) is 4.17. The molecule has 1 aromatic carbocycles. The predicted molar refractivity (Wildman–Crippen MR) is 86.3 cm³/mol. The van der Waals surface area contributed by atoms with Crippen LogP contribution in [0.15, 0.2) is 18.2 Å². The minimum absolute atomic E-state index is 0.0856. The van der Waals surface area contributed by atoms with Gasteiger partial charge < -0.3 is 0 Å². The first-order valence-corrected chi connectivity index (χ1v) is 7.58. The summed E-state index contributed by atoms with van der Waals surface area (Å²) in [5.74, 6) is 0.371. The van der Waals surface area contributed by atoms with Gasteiger partial charge in [0, 0.05) is 11.0 Å². The summed E-state index contributed by atoms with van der Waals surface area (Å²) in [7, 11) is 0. The number of rotatable bonds is 2. The molecule has 2 aromatic rings. The fraction of sp³-hybridized carbons (Fsp3) is 0.438. The van der Waals surface area contributed by atoms with Crippen molar-refractivity contribution < 1.29 is 0 Å². The molecule has 0 saturated carbocycles. The zero-order chi connectivity index (χ0) is 15.1. The highest BCUT2D eigenvalue weighted by Gasteiger charge is 2.26. The second kappa shape index (κ2) is 5.42. The highest BCUT2D eigenvalue weighted by Crippen LogP contribution is 2.33. The highest BCUT2D eigenvalue weighted by atomic mass is 35.5. The van der Waals surface area contributed by atoms with Crippen LogP contribution in [0.25, 0.3) is 5.69 Å². The molecule has 0 aliphatic rings. The smallest absolute Gasteiger partial charge is 0.137 e. The maximum atomic E-state index is 6.50. The van der Waals surface area contributed by atoms with Gasteiger partial charge in [-0.15, -0.1) is 11.6 Å². The Morgan fingerprint density at radius 2 is 1.85 bits per heavy atom. The van der Waals surface area contributed by atoms with E-state index in [1.54, 1.807) is 4.68 Å². The van der Waals surface area contributed by atoms with E-state index < -0.39 is 0 Å². The Balaban J connectivity index is 2.67. The van der Waals surface area contributed by atoms with Crippen LogP contribution in [0.1, 0.15) is 43.2 Å². The summed E-state index contributed by atoms with van der Waals surface area (Å²) < 4.78 is 1.80. The van der Waals surface area contributed by atoms with Crippen molar-refractivity contribution in [3.8, 4) is 5.69 Å². The number of benzene rings is 1. The molecular formula is C16H20Cl2N2. The Bertz CT molecular complexity index is 637. The summed E-state index contributed by atoms with van der Waals surface area (Å²) >= 11 is 12.6. The molecule has 0 radical (unpaired) electrons. The minimum atomic E-state index is -0.0856. The van der Waals surface area contributed by atoms with Crippen LogP contribution in [0.5, 0.6) is 0 Å². The number of nitrogens with zero attached hydrogens (tertiary/aromatic N) is 2. The second-order valence-electron chi connectivity index (χ2n) is 6.20. The summed E-state index contributed by atoms with van der Waals surface area (Å²) in [6.07, 6.45) is 0. The van der Waals surface area contributed by atoms with Gasteiger partial charge in [0.15, 0.2) is 0 Å². The van der Waals surface area contributed by atoms with Crippen LogP contribution in [0.4, 0.5) is 0 Å². The van der Waals surface area contributed by atoms with E-state index in [1.165, 1.54) is 5.56 Å². The van der Waals surface area contributed by atoms with E-state index in [-0.39, 0.29) is 5.41 Å². The predicted octanol–water partition coefficient (Wildman–Crippen LogP) is 5.18. The maximum Gasteiger partial charge on any atom is 0.137 e. The molecule has 0 aliphatic heterocycles. The average molecular weight is 311 g/mol. The lowest BCUT2D eigenvalue weighted by Crippen LogP contribution is -2.14. The van der Waals surface area contributed by atoms with Crippen LogP contribution in [0.3, 0.4) is 0 Å². The largest absolute Gasteiger partial charge is 0.221 e. The molecule has 0 saturated heterocycles. The summed E-state index contributed by atoms with van der Waals surface area (Å²) in [4.78, 5) is 0. The topological polar surface area (TPSA) is 17.8 Å². The Morgan fingerprint density at radius 3 is 2.30 bits per heavy atom. The van der Waals surface area contributed by atoms with E-state index in [0.29, 0.717) is 11.0 Å². The molecule has 0 aliphatic carbocycles. The molecule has 0 atom stereocenters. The zero-order valence-corrected chi connectivity index (χ0v) is 14.1. The average Bonchev–Trinajstić information content (AvgIpc) is 2.66. The van der Waals surface area contributed by atoms with E-state index in [9.17, 15) is 0 Å². The first kappa shape index (κ1) is 15.4. The van der Waals surface area contributed by atoms with Crippen LogP contribution >= 0.6 is 23.2 Å². The Morgan fingerprint density at radius 1 is 1.20 bits per heavy atom. The molecular weight excluding hydrogens is 291 g/mol. The van der Waals surface area contributed by atoms with E-state index >= 15 is 0 Å². The third-order valence-corrected chi connectivity index (χ3v) is 4.00. The molecule has 0 spiro atoms. The van der Waals surface area contributed by atoms with Gasteiger partial charge in [0.1, 0.15) is 5.15 Å². The molecule has 1 aromatic heterocycles. The molecule has 0 amide bonds. The fourth-order valence-corrected chi connectivity index (χ4v) is 2.96. The molecule has 2 rings (SSSR count). The number of aromatic nitrogens is 2. The quantitative estimate of drug-likeness (QED) is 0.699. The van der Waals surface area contributed by atoms with Crippen molar-refractivity contribution in [1.29, 1.82) is 0 Å². The Hall–Kier alpha value is -0.990. The highest BCUT2D eigenvalue weighted by molar-refractivity contribution is 6.31. The van der Waals surface area contributed by atoms with E-state index in [2.05, 4.69) is 46.8 Å². The van der Waals surface area contributed by atoms with Crippen molar-refractivity contribution in [3.05, 3.63) is 45.7 Å². The molecule has 0 N–H and O–H groups in total. The third-order valence-electron chi connectivity index (χ3n) is 3.35. The van der Waals surface area contributed by atoms with Gasteiger partial charge in [-0.1, -0.05) is 50.1 Å². The number of aryl methyl sites for hydroxylation is 2. The lowest BCUT2D eigenvalue weighted by molar-refractivity contribution is 0.556.